The molecule has 0 aliphatic carbocycles. The van der Waals surface area contributed by atoms with Crippen molar-refractivity contribution in [3.05, 3.63) is 63.3 Å². The van der Waals surface area contributed by atoms with E-state index in [2.05, 4.69) is 21.2 Å². The van der Waals surface area contributed by atoms with Gasteiger partial charge >= 0.3 is 0 Å². The van der Waals surface area contributed by atoms with Gasteiger partial charge in [-0.1, -0.05) is 33.6 Å². The number of hydrogen-bond acceptors (Lipinski definition) is 1. The molecule has 0 saturated heterocycles. The van der Waals surface area contributed by atoms with Gasteiger partial charge in [-0.25, -0.2) is 4.39 Å². The average Bonchev–Trinajstić information content (AvgIpc) is 2.30. The van der Waals surface area contributed by atoms with E-state index in [1.54, 1.807) is 12.1 Å². The molecule has 0 amide bonds. The van der Waals surface area contributed by atoms with E-state index in [1.165, 1.54) is 12.1 Å². The summed E-state index contributed by atoms with van der Waals surface area (Å²) in [5.41, 5.74) is 1.98. The summed E-state index contributed by atoms with van der Waals surface area (Å²) in [6, 6.07) is 11.9. The standard InChI is InChI=1S/C13H10BrClFN/c14-13-7-10(15)2-1-9(13)8-17-12-5-3-11(16)4-6-12/h1-7,17H,8H2. The molecule has 2 aromatic rings. The van der Waals surface area contributed by atoms with Gasteiger partial charge in [-0.2, -0.15) is 0 Å². The lowest BCUT2D eigenvalue weighted by Crippen LogP contribution is -2.00. The molecule has 1 N–H and O–H groups in total. The molecule has 0 fully saturated rings. The Balaban J connectivity index is 2.04. The topological polar surface area (TPSA) is 12.0 Å². The monoisotopic (exact) mass is 313 g/mol. The number of halogens is 3. The molecule has 2 rings (SSSR count). The van der Waals surface area contributed by atoms with Crippen LogP contribution in [0.5, 0.6) is 0 Å². The largest absolute Gasteiger partial charge is 0.381 e. The van der Waals surface area contributed by atoms with Crippen LogP contribution in [-0.2, 0) is 6.54 Å². The van der Waals surface area contributed by atoms with Crippen molar-refractivity contribution in [2.75, 3.05) is 5.32 Å². The van der Waals surface area contributed by atoms with Crippen LogP contribution in [0.4, 0.5) is 10.1 Å². The third kappa shape index (κ3) is 3.45. The SMILES string of the molecule is Fc1ccc(NCc2ccc(Cl)cc2Br)cc1. The molecule has 0 aromatic heterocycles. The van der Waals surface area contributed by atoms with Crippen LogP contribution in [0, 0.1) is 5.82 Å². The predicted octanol–water partition coefficient (Wildman–Crippen LogP) is 4.85. The van der Waals surface area contributed by atoms with Crippen LogP contribution in [0.2, 0.25) is 5.02 Å². The Bertz CT molecular complexity index is 513. The lowest BCUT2D eigenvalue weighted by Gasteiger charge is -2.08. The summed E-state index contributed by atoms with van der Waals surface area (Å²) >= 11 is 9.31. The second kappa shape index (κ2) is 5.52. The molecular formula is C13H10BrClFN. The molecule has 0 aliphatic rings. The van der Waals surface area contributed by atoms with Gasteiger partial charge < -0.3 is 5.32 Å². The lowest BCUT2D eigenvalue weighted by molar-refractivity contribution is 0.628. The molecule has 0 heterocycles. The predicted molar refractivity (Wildman–Crippen MR) is 72.9 cm³/mol. The fourth-order valence-electron chi connectivity index (χ4n) is 1.43. The molecule has 4 heteroatoms. The van der Waals surface area contributed by atoms with E-state index in [4.69, 9.17) is 11.6 Å². The summed E-state index contributed by atoms with van der Waals surface area (Å²) in [7, 11) is 0. The second-order valence-electron chi connectivity index (χ2n) is 3.60. The van der Waals surface area contributed by atoms with Gasteiger partial charge in [0.25, 0.3) is 0 Å². The van der Waals surface area contributed by atoms with Crippen molar-refractivity contribution in [3.63, 3.8) is 0 Å². The fourth-order valence-corrected chi connectivity index (χ4v) is 2.25. The third-order valence-electron chi connectivity index (χ3n) is 2.34. The Kier molecular flexibility index (Phi) is 4.02. The molecule has 0 radical (unpaired) electrons. The Morgan fingerprint density at radius 3 is 2.47 bits per heavy atom. The molecular weight excluding hydrogens is 305 g/mol. The van der Waals surface area contributed by atoms with Crippen molar-refractivity contribution in [1.82, 2.24) is 0 Å². The number of hydrogen-bond donors (Lipinski definition) is 1. The van der Waals surface area contributed by atoms with Crippen LogP contribution < -0.4 is 5.32 Å². The minimum atomic E-state index is -0.233. The average molecular weight is 315 g/mol. The first kappa shape index (κ1) is 12.4. The maximum Gasteiger partial charge on any atom is 0.123 e. The van der Waals surface area contributed by atoms with Gasteiger partial charge in [0.15, 0.2) is 0 Å². The van der Waals surface area contributed by atoms with Crippen LogP contribution >= 0.6 is 27.5 Å². The molecule has 0 atom stereocenters. The Labute approximate surface area is 113 Å². The van der Waals surface area contributed by atoms with Crippen LogP contribution in [-0.4, -0.2) is 0 Å². The van der Waals surface area contributed by atoms with E-state index in [0.29, 0.717) is 11.6 Å². The van der Waals surface area contributed by atoms with Crippen molar-refractivity contribution in [1.29, 1.82) is 0 Å². The minimum absolute atomic E-state index is 0.233. The zero-order chi connectivity index (χ0) is 12.3. The molecule has 17 heavy (non-hydrogen) atoms. The van der Waals surface area contributed by atoms with Crippen molar-refractivity contribution in [2.45, 2.75) is 6.54 Å². The van der Waals surface area contributed by atoms with E-state index >= 15 is 0 Å². The highest BCUT2D eigenvalue weighted by Gasteiger charge is 2.00. The third-order valence-corrected chi connectivity index (χ3v) is 3.32. The number of rotatable bonds is 3. The zero-order valence-electron chi connectivity index (χ0n) is 8.88. The molecule has 0 unspecified atom stereocenters. The maximum absolute atomic E-state index is 12.7. The van der Waals surface area contributed by atoms with Gasteiger partial charge in [-0.15, -0.1) is 0 Å². The summed E-state index contributed by atoms with van der Waals surface area (Å²) < 4.78 is 13.7. The molecule has 2 aromatic carbocycles. The first-order chi connectivity index (χ1) is 8.15. The van der Waals surface area contributed by atoms with Crippen molar-refractivity contribution in [2.24, 2.45) is 0 Å². The normalized spacial score (nSPS) is 10.3. The molecule has 1 nitrogen and oxygen atoms in total. The van der Waals surface area contributed by atoms with Gasteiger partial charge in [0.05, 0.1) is 0 Å². The Morgan fingerprint density at radius 2 is 1.82 bits per heavy atom. The highest BCUT2D eigenvalue weighted by Crippen LogP contribution is 2.22. The quantitative estimate of drug-likeness (QED) is 0.853. The summed E-state index contributed by atoms with van der Waals surface area (Å²) in [6.45, 7) is 0.656. The minimum Gasteiger partial charge on any atom is -0.381 e. The van der Waals surface area contributed by atoms with Crippen LogP contribution in [0.25, 0.3) is 0 Å². The number of nitrogens with one attached hydrogen (secondary N) is 1. The summed E-state index contributed by atoms with van der Waals surface area (Å²) in [6.07, 6.45) is 0. The summed E-state index contributed by atoms with van der Waals surface area (Å²) in [4.78, 5) is 0. The van der Waals surface area contributed by atoms with Gasteiger partial charge in [0.1, 0.15) is 5.82 Å². The molecule has 0 saturated carbocycles. The van der Waals surface area contributed by atoms with E-state index in [-0.39, 0.29) is 5.82 Å². The van der Waals surface area contributed by atoms with Crippen LogP contribution in [0.1, 0.15) is 5.56 Å². The fraction of sp³-hybridized carbons (Fsp3) is 0.0769. The summed E-state index contributed by atoms with van der Waals surface area (Å²) in [5.74, 6) is -0.233. The maximum atomic E-state index is 12.7. The van der Waals surface area contributed by atoms with Crippen LogP contribution in [0.3, 0.4) is 0 Å². The molecule has 88 valence electrons. The molecule has 0 aliphatic heterocycles. The van der Waals surface area contributed by atoms with Crippen molar-refractivity contribution >= 4 is 33.2 Å². The molecule has 0 spiro atoms. The van der Waals surface area contributed by atoms with Crippen molar-refractivity contribution < 1.29 is 4.39 Å². The van der Waals surface area contributed by atoms with Gasteiger partial charge in [-0.05, 0) is 42.0 Å². The number of anilines is 1. The highest BCUT2D eigenvalue weighted by molar-refractivity contribution is 9.10. The Hall–Kier alpha value is -1.06. The zero-order valence-corrected chi connectivity index (χ0v) is 11.2. The Morgan fingerprint density at radius 1 is 1.12 bits per heavy atom. The number of benzene rings is 2. The first-order valence-corrected chi connectivity index (χ1v) is 6.25. The van der Waals surface area contributed by atoms with Crippen molar-refractivity contribution in [3.8, 4) is 0 Å². The van der Waals surface area contributed by atoms with Gasteiger partial charge in [-0.3, -0.25) is 0 Å². The second-order valence-corrected chi connectivity index (χ2v) is 4.89. The van der Waals surface area contributed by atoms with E-state index < -0.39 is 0 Å². The van der Waals surface area contributed by atoms with E-state index in [9.17, 15) is 4.39 Å². The van der Waals surface area contributed by atoms with Crippen LogP contribution in [0.15, 0.2) is 46.9 Å². The summed E-state index contributed by atoms with van der Waals surface area (Å²) in [5, 5.41) is 3.91. The lowest BCUT2D eigenvalue weighted by atomic mass is 10.2. The molecule has 0 bridgehead atoms. The van der Waals surface area contributed by atoms with E-state index in [0.717, 1.165) is 15.7 Å². The highest BCUT2D eigenvalue weighted by atomic mass is 79.9. The van der Waals surface area contributed by atoms with Gasteiger partial charge in [0, 0.05) is 21.7 Å². The first-order valence-electron chi connectivity index (χ1n) is 5.08. The van der Waals surface area contributed by atoms with E-state index in [1.807, 2.05) is 18.2 Å². The smallest absolute Gasteiger partial charge is 0.123 e. The van der Waals surface area contributed by atoms with Gasteiger partial charge in [0.2, 0.25) is 0 Å².